The molecule has 7 aliphatic rings. The van der Waals surface area contributed by atoms with Crippen LogP contribution in [0.1, 0.15) is 63.0 Å². The van der Waals surface area contributed by atoms with Crippen LogP contribution in [0.4, 0.5) is 0 Å². The summed E-state index contributed by atoms with van der Waals surface area (Å²) in [6.45, 7) is 3.70. The lowest BCUT2D eigenvalue weighted by Crippen LogP contribution is -2.81. The van der Waals surface area contributed by atoms with E-state index < -0.39 is 35.8 Å². The summed E-state index contributed by atoms with van der Waals surface area (Å²) in [5.74, 6) is -0.618. The third kappa shape index (κ3) is 3.38. The van der Waals surface area contributed by atoms with Crippen molar-refractivity contribution in [1.29, 1.82) is 0 Å². The normalized spacial score (nSPS) is 37.3. The SMILES string of the molecule is CO[C@]12CC[C@@]3(C[C@@H]1CNC(=O)C(CC(=O)O)NC(C)=O)[C@H]1Cc4ccc(O)c5c4[C@@]3(CCN1CC1CC1)[C@H]2O5. The molecule has 216 valence electrons. The van der Waals surface area contributed by atoms with Gasteiger partial charge in [0.15, 0.2) is 11.5 Å². The Labute approximate surface area is 233 Å². The van der Waals surface area contributed by atoms with Gasteiger partial charge in [-0.25, -0.2) is 0 Å². The molecule has 1 saturated heterocycles. The van der Waals surface area contributed by atoms with Crippen molar-refractivity contribution < 1.29 is 34.1 Å². The second-order valence-electron chi connectivity index (χ2n) is 13.1. The first-order chi connectivity index (χ1) is 19.1. The molecule has 2 aliphatic heterocycles. The van der Waals surface area contributed by atoms with E-state index in [4.69, 9.17) is 9.47 Å². The highest BCUT2D eigenvalue weighted by Gasteiger charge is 2.80. The summed E-state index contributed by atoms with van der Waals surface area (Å²) < 4.78 is 13.3. The first kappa shape index (κ1) is 26.1. The Kier molecular flexibility index (Phi) is 5.75. The van der Waals surface area contributed by atoms with Gasteiger partial charge in [-0.05, 0) is 69.0 Å². The van der Waals surface area contributed by atoms with Gasteiger partial charge in [-0.15, -0.1) is 0 Å². The van der Waals surface area contributed by atoms with Gasteiger partial charge in [0.2, 0.25) is 11.8 Å². The third-order valence-electron chi connectivity index (χ3n) is 11.4. The van der Waals surface area contributed by atoms with E-state index in [1.165, 1.54) is 30.9 Å². The lowest BCUT2D eigenvalue weighted by atomic mass is 9.35. The molecule has 2 amide bonds. The van der Waals surface area contributed by atoms with E-state index in [-0.39, 0.29) is 28.6 Å². The van der Waals surface area contributed by atoms with Gasteiger partial charge >= 0.3 is 5.97 Å². The number of nitrogens with zero attached hydrogens (tertiary/aromatic N) is 1. The first-order valence-corrected chi connectivity index (χ1v) is 14.7. The van der Waals surface area contributed by atoms with Gasteiger partial charge in [-0.2, -0.15) is 0 Å². The van der Waals surface area contributed by atoms with E-state index in [0.29, 0.717) is 18.3 Å². The molecule has 8 rings (SSSR count). The molecular formula is C30H39N3O7. The third-order valence-corrected chi connectivity index (χ3v) is 11.4. The van der Waals surface area contributed by atoms with Crippen LogP contribution < -0.4 is 15.4 Å². The largest absolute Gasteiger partial charge is 0.504 e. The number of phenolic OH excluding ortho intramolecular Hbond substituents is 1. The predicted molar refractivity (Wildman–Crippen MR) is 143 cm³/mol. The quantitative estimate of drug-likeness (QED) is 0.363. The van der Waals surface area contributed by atoms with Crippen molar-refractivity contribution in [1.82, 2.24) is 15.5 Å². The van der Waals surface area contributed by atoms with Crippen molar-refractivity contribution in [2.24, 2.45) is 17.3 Å². The highest BCUT2D eigenvalue weighted by molar-refractivity contribution is 5.90. The van der Waals surface area contributed by atoms with Gasteiger partial charge in [0.1, 0.15) is 17.7 Å². The summed E-state index contributed by atoms with van der Waals surface area (Å²) >= 11 is 0. The van der Waals surface area contributed by atoms with Crippen molar-refractivity contribution in [2.45, 2.75) is 87.5 Å². The number of aromatic hydroxyl groups is 1. The van der Waals surface area contributed by atoms with Crippen LogP contribution in [0.15, 0.2) is 12.1 Å². The molecule has 2 spiro atoms. The number of phenols is 1. The molecule has 10 nitrogen and oxygen atoms in total. The Balaban J connectivity index is 1.26. The predicted octanol–water partition coefficient (Wildman–Crippen LogP) is 1.71. The van der Waals surface area contributed by atoms with E-state index >= 15 is 0 Å². The monoisotopic (exact) mass is 553 g/mol. The van der Waals surface area contributed by atoms with E-state index in [2.05, 4.69) is 21.6 Å². The number of methoxy groups -OCH3 is 1. The van der Waals surface area contributed by atoms with Crippen molar-refractivity contribution >= 4 is 17.8 Å². The Morgan fingerprint density at radius 2 is 2.02 bits per heavy atom. The number of carboxylic acids is 1. The van der Waals surface area contributed by atoms with Crippen LogP contribution in [0, 0.1) is 17.3 Å². The van der Waals surface area contributed by atoms with Crippen LogP contribution in [0.5, 0.6) is 11.5 Å². The number of nitrogens with one attached hydrogen (secondary N) is 2. The molecule has 2 heterocycles. The number of amides is 2. The molecule has 5 fully saturated rings. The molecule has 4 saturated carbocycles. The van der Waals surface area contributed by atoms with Crippen LogP contribution in [-0.2, 0) is 31.0 Å². The molecule has 1 aromatic carbocycles. The number of aliphatic carboxylic acids is 1. The van der Waals surface area contributed by atoms with E-state index in [9.17, 15) is 24.6 Å². The number of carbonyl (C=O) groups excluding carboxylic acids is 2. The summed E-state index contributed by atoms with van der Waals surface area (Å²) in [4.78, 5) is 38.9. The van der Waals surface area contributed by atoms with Gasteiger partial charge in [0, 0.05) is 55.5 Å². The Morgan fingerprint density at radius 1 is 1.23 bits per heavy atom. The minimum atomic E-state index is -1.15. The van der Waals surface area contributed by atoms with Gasteiger partial charge in [0.05, 0.1) is 6.42 Å². The smallest absolute Gasteiger partial charge is 0.305 e. The van der Waals surface area contributed by atoms with Crippen LogP contribution in [0.3, 0.4) is 0 Å². The number of ether oxygens (including phenoxy) is 2. The summed E-state index contributed by atoms with van der Waals surface area (Å²) in [5, 5.41) is 25.7. The van der Waals surface area contributed by atoms with Gasteiger partial charge < -0.3 is 30.3 Å². The summed E-state index contributed by atoms with van der Waals surface area (Å²) in [6, 6.07) is 3.06. The minimum Gasteiger partial charge on any atom is -0.504 e. The highest BCUT2D eigenvalue weighted by atomic mass is 16.6. The minimum absolute atomic E-state index is 0.0717. The lowest BCUT2D eigenvalue weighted by molar-refractivity contribution is -0.276. The van der Waals surface area contributed by atoms with Crippen molar-refractivity contribution in [3.8, 4) is 11.5 Å². The average Bonchev–Trinajstić information content (AvgIpc) is 3.66. The second kappa shape index (κ2) is 8.82. The van der Waals surface area contributed by atoms with Crippen LogP contribution >= 0.6 is 0 Å². The molecule has 5 aliphatic carbocycles. The number of carbonyl (C=O) groups is 3. The molecular weight excluding hydrogens is 514 g/mol. The molecule has 7 atom stereocenters. The Bertz CT molecular complexity index is 1270. The number of rotatable bonds is 9. The summed E-state index contributed by atoms with van der Waals surface area (Å²) in [7, 11) is 1.73. The maximum atomic E-state index is 13.1. The van der Waals surface area contributed by atoms with Crippen molar-refractivity contribution in [2.75, 3.05) is 26.7 Å². The van der Waals surface area contributed by atoms with E-state index in [1.807, 2.05) is 0 Å². The topological polar surface area (TPSA) is 137 Å². The zero-order valence-electron chi connectivity index (χ0n) is 23.2. The fraction of sp³-hybridized carbons (Fsp3) is 0.700. The van der Waals surface area contributed by atoms with Gasteiger partial charge in [-0.1, -0.05) is 6.07 Å². The van der Waals surface area contributed by atoms with Crippen molar-refractivity contribution in [3.05, 3.63) is 23.3 Å². The standard InChI is InChI=1S/C30H39N3O7/c1-16(34)32-20(12-23(36)37)26(38)31-14-19-13-28-7-8-30(19,39-2)27-29(28)9-10-33(15-17-3-4-17)22(28)11-18-5-6-21(35)25(40-27)24(18)29/h5-6,17,19-20,22,27,35H,3-4,7-15H2,1-2H3,(H,31,38)(H,32,34)(H,36,37)/t19-,20?,22-,27-,28-,29+,30-/m1/s1. The van der Waals surface area contributed by atoms with Gasteiger partial charge in [-0.3, -0.25) is 19.3 Å². The first-order valence-electron chi connectivity index (χ1n) is 14.7. The number of benzene rings is 1. The molecule has 0 radical (unpaired) electrons. The summed E-state index contributed by atoms with van der Waals surface area (Å²) in [5.41, 5.74) is 1.47. The maximum Gasteiger partial charge on any atom is 0.305 e. The molecule has 10 heteroatoms. The van der Waals surface area contributed by atoms with Crippen molar-refractivity contribution in [3.63, 3.8) is 0 Å². The number of carboxylic acid groups (broad SMARTS) is 1. The lowest BCUT2D eigenvalue weighted by Gasteiger charge is -2.74. The average molecular weight is 554 g/mol. The molecule has 4 N–H and O–H groups in total. The zero-order chi connectivity index (χ0) is 28.0. The molecule has 40 heavy (non-hydrogen) atoms. The highest BCUT2D eigenvalue weighted by Crippen LogP contribution is 2.76. The Morgan fingerprint density at radius 3 is 2.73 bits per heavy atom. The molecule has 1 aromatic rings. The van der Waals surface area contributed by atoms with E-state index in [0.717, 1.165) is 51.1 Å². The van der Waals surface area contributed by atoms with E-state index in [1.54, 1.807) is 13.2 Å². The summed E-state index contributed by atoms with van der Waals surface area (Å²) in [6.07, 6.45) is 6.35. The second-order valence-corrected chi connectivity index (χ2v) is 13.1. The fourth-order valence-corrected chi connectivity index (χ4v) is 9.77. The fourth-order valence-electron chi connectivity index (χ4n) is 9.77. The van der Waals surface area contributed by atoms with Crippen LogP contribution in [-0.4, -0.2) is 83.4 Å². The molecule has 4 bridgehead atoms. The molecule has 0 aromatic heterocycles. The molecule has 1 unspecified atom stereocenters. The van der Waals surface area contributed by atoms with Gasteiger partial charge in [0.25, 0.3) is 0 Å². The van der Waals surface area contributed by atoms with Crippen LogP contribution in [0.2, 0.25) is 0 Å². The number of fused-ring (bicyclic) bond motifs is 2. The number of likely N-dealkylation sites (tertiary alicyclic amines) is 1. The maximum absolute atomic E-state index is 13.1. The zero-order valence-corrected chi connectivity index (χ0v) is 23.2. The Hall–Kier alpha value is -2.85. The van der Waals surface area contributed by atoms with Crippen LogP contribution in [0.25, 0.3) is 0 Å². The number of hydrogen-bond acceptors (Lipinski definition) is 7. The number of piperidine rings is 1. The number of hydrogen-bond donors (Lipinski definition) is 4.